The molecule has 0 saturated heterocycles. The third-order valence-corrected chi connectivity index (χ3v) is 1.51. The summed E-state index contributed by atoms with van der Waals surface area (Å²) in [6.07, 6.45) is 4.68. The molecule has 0 saturated carbocycles. The molecule has 2 aliphatic rings. The van der Waals surface area contributed by atoms with Crippen LogP contribution >= 0.6 is 0 Å². The Kier molecular flexibility index (Phi) is 1.30. The quantitative estimate of drug-likeness (QED) is 0.413. The Hall–Kier alpha value is -1.91. The number of fused-ring (bicyclic) bond motifs is 1. The first-order chi connectivity index (χ1) is 5.81. The molecule has 1 aliphatic heterocycles. The zero-order valence-electron chi connectivity index (χ0n) is 5.98. The molecular formula is C7H4N4O. The fraction of sp³-hybridized carbons (Fsp3) is 0. The number of nitrogens with one attached hydrogen (secondary N) is 1. The van der Waals surface area contributed by atoms with Gasteiger partial charge in [0.1, 0.15) is 5.71 Å². The summed E-state index contributed by atoms with van der Waals surface area (Å²) in [6.45, 7) is 0. The molecule has 0 spiro atoms. The van der Waals surface area contributed by atoms with Crippen molar-refractivity contribution in [3.05, 3.63) is 23.9 Å². The van der Waals surface area contributed by atoms with Crippen molar-refractivity contribution < 1.29 is 4.79 Å². The van der Waals surface area contributed by atoms with Crippen molar-refractivity contribution in [3.63, 3.8) is 0 Å². The van der Waals surface area contributed by atoms with Crippen molar-refractivity contribution in [1.82, 2.24) is 0 Å². The van der Waals surface area contributed by atoms with E-state index in [0.717, 1.165) is 0 Å². The molecule has 0 unspecified atom stereocenters. The van der Waals surface area contributed by atoms with Crippen molar-refractivity contribution in [1.29, 1.82) is 5.53 Å². The molecule has 0 aromatic rings. The zero-order chi connectivity index (χ0) is 8.55. The van der Waals surface area contributed by atoms with Gasteiger partial charge in [-0.3, -0.25) is 4.79 Å². The van der Waals surface area contributed by atoms with Crippen LogP contribution in [0, 0.1) is 5.53 Å². The first-order valence-electron chi connectivity index (χ1n) is 3.29. The molecule has 12 heavy (non-hydrogen) atoms. The van der Waals surface area contributed by atoms with Gasteiger partial charge in [-0.05, 0) is 12.2 Å². The van der Waals surface area contributed by atoms with Crippen LogP contribution in [-0.2, 0) is 4.79 Å². The summed E-state index contributed by atoms with van der Waals surface area (Å²) in [5, 5.41) is 3.04. The summed E-state index contributed by atoms with van der Waals surface area (Å²) < 4.78 is 0. The molecule has 5 nitrogen and oxygen atoms in total. The second-order valence-corrected chi connectivity index (χ2v) is 2.26. The second kappa shape index (κ2) is 2.30. The standard InChI is InChI=1S/C7H4N4O/c8-11-7-9-4-2-1-3-5(12)6(4)10-7/h1-3,8H. The highest BCUT2D eigenvalue weighted by atomic mass is 16.1. The molecule has 2 rings (SSSR count). The van der Waals surface area contributed by atoms with Gasteiger partial charge in [0.15, 0.2) is 0 Å². The van der Waals surface area contributed by atoms with Crippen molar-refractivity contribution in [2.24, 2.45) is 15.1 Å². The van der Waals surface area contributed by atoms with E-state index in [2.05, 4.69) is 15.1 Å². The maximum atomic E-state index is 11.1. The lowest BCUT2D eigenvalue weighted by Crippen LogP contribution is -2.13. The lowest BCUT2D eigenvalue weighted by Gasteiger charge is -1.98. The maximum Gasteiger partial charge on any atom is 0.269 e. The Balaban J connectivity index is 2.50. The Morgan fingerprint density at radius 1 is 1.42 bits per heavy atom. The Morgan fingerprint density at radius 2 is 2.25 bits per heavy atom. The summed E-state index contributed by atoms with van der Waals surface area (Å²) >= 11 is 0. The molecule has 58 valence electrons. The van der Waals surface area contributed by atoms with Crippen LogP contribution in [0.1, 0.15) is 0 Å². The smallest absolute Gasteiger partial charge is 0.269 e. The van der Waals surface area contributed by atoms with E-state index in [-0.39, 0.29) is 17.5 Å². The molecule has 1 N–H and O–H groups in total. The van der Waals surface area contributed by atoms with E-state index in [1.807, 2.05) is 0 Å². The highest BCUT2D eigenvalue weighted by molar-refractivity contribution is 6.52. The van der Waals surface area contributed by atoms with Gasteiger partial charge in [0, 0.05) is 0 Å². The summed E-state index contributed by atoms with van der Waals surface area (Å²) in [5.41, 5.74) is 7.42. The summed E-state index contributed by atoms with van der Waals surface area (Å²) in [6, 6.07) is 0. The first-order valence-corrected chi connectivity index (χ1v) is 3.29. The number of hydrogen-bond acceptors (Lipinski definition) is 5. The highest BCUT2D eigenvalue weighted by Gasteiger charge is 2.22. The van der Waals surface area contributed by atoms with Gasteiger partial charge in [0.05, 0.1) is 5.70 Å². The minimum Gasteiger partial charge on any atom is -0.287 e. The highest BCUT2D eigenvalue weighted by Crippen LogP contribution is 2.15. The number of ketones is 1. The van der Waals surface area contributed by atoms with Crippen LogP contribution in [-0.4, -0.2) is 17.5 Å². The van der Waals surface area contributed by atoms with Crippen LogP contribution in [0.5, 0.6) is 0 Å². The monoisotopic (exact) mass is 160 g/mol. The van der Waals surface area contributed by atoms with Crippen LogP contribution in [0.2, 0.25) is 0 Å². The Bertz CT molecular complexity index is 383. The average molecular weight is 160 g/mol. The van der Waals surface area contributed by atoms with Gasteiger partial charge in [-0.25, -0.2) is 15.5 Å². The topological polar surface area (TPSA) is 78.0 Å². The molecule has 5 heteroatoms. The largest absolute Gasteiger partial charge is 0.287 e. The normalized spacial score (nSPS) is 19.7. The van der Waals surface area contributed by atoms with Gasteiger partial charge in [-0.15, -0.1) is 5.11 Å². The molecule has 0 amide bonds. The molecule has 0 bridgehead atoms. The lowest BCUT2D eigenvalue weighted by atomic mass is 10.1. The van der Waals surface area contributed by atoms with Gasteiger partial charge in [-0.1, -0.05) is 6.08 Å². The second-order valence-electron chi connectivity index (χ2n) is 2.26. The Labute approximate surface area is 67.7 Å². The van der Waals surface area contributed by atoms with Crippen LogP contribution in [0.15, 0.2) is 39.0 Å². The predicted molar refractivity (Wildman–Crippen MR) is 42.2 cm³/mol. The van der Waals surface area contributed by atoms with Crippen LogP contribution < -0.4 is 0 Å². The third kappa shape index (κ3) is 0.833. The third-order valence-electron chi connectivity index (χ3n) is 1.51. The Morgan fingerprint density at radius 3 is 2.92 bits per heavy atom. The van der Waals surface area contributed by atoms with E-state index in [9.17, 15) is 4.79 Å². The number of nitrogens with zero attached hydrogens (tertiary/aromatic N) is 3. The van der Waals surface area contributed by atoms with Crippen molar-refractivity contribution in [3.8, 4) is 0 Å². The molecule has 0 aromatic carbocycles. The molecule has 0 aromatic heterocycles. The number of rotatable bonds is 0. The van der Waals surface area contributed by atoms with Crippen LogP contribution in [0.25, 0.3) is 0 Å². The van der Waals surface area contributed by atoms with E-state index in [1.54, 1.807) is 12.2 Å². The average Bonchev–Trinajstić information content (AvgIpc) is 2.49. The molecule has 0 radical (unpaired) electrons. The fourth-order valence-electron chi connectivity index (χ4n) is 0.996. The predicted octanol–water partition coefficient (Wildman–Crippen LogP) is 0.851. The SMILES string of the molecule is N=NC1=NC2=CC=CC(=O)C2=N1. The molecule has 1 aliphatic carbocycles. The van der Waals surface area contributed by atoms with E-state index in [0.29, 0.717) is 5.70 Å². The van der Waals surface area contributed by atoms with Gasteiger partial charge < -0.3 is 0 Å². The van der Waals surface area contributed by atoms with Crippen LogP contribution in [0.4, 0.5) is 0 Å². The van der Waals surface area contributed by atoms with E-state index >= 15 is 0 Å². The first kappa shape index (κ1) is 6.78. The van der Waals surface area contributed by atoms with Crippen molar-refractivity contribution >= 4 is 17.5 Å². The van der Waals surface area contributed by atoms with E-state index < -0.39 is 0 Å². The minimum atomic E-state index is -0.185. The zero-order valence-corrected chi connectivity index (χ0v) is 5.98. The van der Waals surface area contributed by atoms with Crippen LogP contribution in [0.3, 0.4) is 0 Å². The van der Waals surface area contributed by atoms with Gasteiger partial charge in [-0.2, -0.15) is 0 Å². The minimum absolute atomic E-state index is 0.0355. The summed E-state index contributed by atoms with van der Waals surface area (Å²) in [4.78, 5) is 18.7. The molecule has 0 fully saturated rings. The molecule has 0 atom stereocenters. The molecule has 1 heterocycles. The van der Waals surface area contributed by atoms with Crippen molar-refractivity contribution in [2.75, 3.05) is 0 Å². The number of carbonyl (C=O) groups excluding carboxylic acids is 1. The lowest BCUT2D eigenvalue weighted by molar-refractivity contribution is -0.108. The number of hydrogen-bond donors (Lipinski definition) is 1. The number of guanidine groups is 1. The van der Waals surface area contributed by atoms with Gasteiger partial charge >= 0.3 is 0 Å². The maximum absolute atomic E-state index is 11.1. The van der Waals surface area contributed by atoms with Gasteiger partial charge in [0.2, 0.25) is 5.78 Å². The number of allylic oxidation sites excluding steroid dienone is 4. The van der Waals surface area contributed by atoms with Gasteiger partial charge in [0.25, 0.3) is 5.96 Å². The summed E-state index contributed by atoms with van der Waals surface area (Å²) in [5.74, 6) is -0.150. The van der Waals surface area contributed by atoms with E-state index in [4.69, 9.17) is 5.53 Å². The number of aliphatic imine (C=N–C) groups is 2. The number of carbonyl (C=O) groups is 1. The summed E-state index contributed by atoms with van der Waals surface area (Å²) in [7, 11) is 0. The fourth-order valence-corrected chi connectivity index (χ4v) is 0.996. The van der Waals surface area contributed by atoms with E-state index in [1.165, 1.54) is 6.08 Å². The van der Waals surface area contributed by atoms with Crippen molar-refractivity contribution in [2.45, 2.75) is 0 Å². The molecular weight excluding hydrogens is 156 g/mol.